The minimum Gasteiger partial charge on any atom is -0.321 e. The first kappa shape index (κ1) is 14.1. The quantitative estimate of drug-likeness (QED) is 0.902. The standard InChI is InChI=1S/C17H18N2O/c1-10(2)13-5-7-14(8-6-13)16-12(4)11(3)15(9-18)17(20)19-16/h5-8,10H,1-4H3,(H,19,20). The van der Waals surface area contributed by atoms with Crippen LogP contribution < -0.4 is 5.56 Å². The van der Waals surface area contributed by atoms with E-state index in [4.69, 9.17) is 5.26 Å². The highest BCUT2D eigenvalue weighted by atomic mass is 16.1. The highest BCUT2D eigenvalue weighted by Crippen LogP contribution is 2.25. The lowest BCUT2D eigenvalue weighted by Crippen LogP contribution is -2.15. The normalized spacial score (nSPS) is 10.6. The third-order valence-corrected chi connectivity index (χ3v) is 3.76. The second kappa shape index (κ2) is 5.34. The van der Waals surface area contributed by atoms with Crippen LogP contribution in [-0.2, 0) is 0 Å². The predicted octanol–water partition coefficient (Wildman–Crippen LogP) is 3.65. The molecule has 0 amide bonds. The summed E-state index contributed by atoms with van der Waals surface area (Å²) in [7, 11) is 0. The van der Waals surface area contributed by atoms with Crippen molar-refractivity contribution >= 4 is 0 Å². The maximum atomic E-state index is 11.9. The first-order valence-electron chi connectivity index (χ1n) is 6.69. The topological polar surface area (TPSA) is 56.6 Å². The number of rotatable bonds is 2. The lowest BCUT2D eigenvalue weighted by Gasteiger charge is -2.11. The number of benzene rings is 1. The zero-order chi connectivity index (χ0) is 14.9. The molecule has 20 heavy (non-hydrogen) atoms. The van der Waals surface area contributed by atoms with Crippen LogP contribution in [0, 0.1) is 25.2 Å². The van der Waals surface area contributed by atoms with Crippen LogP contribution in [0.1, 0.15) is 42.0 Å². The van der Waals surface area contributed by atoms with Gasteiger partial charge in [0.05, 0.1) is 5.69 Å². The van der Waals surface area contributed by atoms with Gasteiger partial charge in [-0.05, 0) is 42.0 Å². The van der Waals surface area contributed by atoms with Gasteiger partial charge in [-0.15, -0.1) is 0 Å². The molecule has 0 radical (unpaired) electrons. The van der Waals surface area contributed by atoms with E-state index in [1.807, 2.05) is 32.0 Å². The van der Waals surface area contributed by atoms with Gasteiger partial charge in [0.2, 0.25) is 0 Å². The van der Waals surface area contributed by atoms with E-state index in [1.54, 1.807) is 0 Å². The zero-order valence-corrected chi connectivity index (χ0v) is 12.2. The maximum absolute atomic E-state index is 11.9. The monoisotopic (exact) mass is 266 g/mol. The number of nitrogens with one attached hydrogen (secondary N) is 1. The SMILES string of the molecule is Cc1c(-c2ccc(C(C)C)cc2)[nH]c(=O)c(C#N)c1C. The van der Waals surface area contributed by atoms with Gasteiger partial charge >= 0.3 is 0 Å². The average molecular weight is 266 g/mol. The lowest BCUT2D eigenvalue weighted by molar-refractivity contribution is 0.867. The Hall–Kier alpha value is -2.34. The minimum atomic E-state index is -0.321. The van der Waals surface area contributed by atoms with Gasteiger partial charge in [0.1, 0.15) is 11.6 Å². The van der Waals surface area contributed by atoms with E-state index in [2.05, 4.69) is 31.0 Å². The van der Waals surface area contributed by atoms with Crippen molar-refractivity contribution in [1.82, 2.24) is 4.98 Å². The summed E-state index contributed by atoms with van der Waals surface area (Å²) in [5.41, 5.74) is 4.60. The molecule has 0 fully saturated rings. The Morgan fingerprint density at radius 3 is 2.20 bits per heavy atom. The van der Waals surface area contributed by atoms with Crippen molar-refractivity contribution in [1.29, 1.82) is 5.26 Å². The van der Waals surface area contributed by atoms with Gasteiger partial charge in [0.15, 0.2) is 0 Å². The molecule has 1 heterocycles. The summed E-state index contributed by atoms with van der Waals surface area (Å²) in [4.78, 5) is 14.7. The fourth-order valence-corrected chi connectivity index (χ4v) is 2.27. The average Bonchev–Trinajstić information content (AvgIpc) is 2.43. The van der Waals surface area contributed by atoms with Gasteiger partial charge in [-0.1, -0.05) is 38.1 Å². The Morgan fingerprint density at radius 1 is 1.10 bits per heavy atom. The molecular weight excluding hydrogens is 248 g/mol. The van der Waals surface area contributed by atoms with Crippen LogP contribution in [0.5, 0.6) is 0 Å². The number of aromatic nitrogens is 1. The molecule has 0 saturated heterocycles. The summed E-state index contributed by atoms with van der Waals surface area (Å²) in [6, 6.07) is 10.1. The Morgan fingerprint density at radius 2 is 1.70 bits per heavy atom. The number of H-pyrrole nitrogens is 1. The van der Waals surface area contributed by atoms with Crippen LogP contribution in [0.25, 0.3) is 11.3 Å². The number of nitrogens with zero attached hydrogens (tertiary/aromatic N) is 1. The number of aromatic amines is 1. The summed E-state index contributed by atoms with van der Waals surface area (Å²) in [6.45, 7) is 8.04. The summed E-state index contributed by atoms with van der Waals surface area (Å²) >= 11 is 0. The summed E-state index contributed by atoms with van der Waals surface area (Å²) < 4.78 is 0. The molecule has 0 atom stereocenters. The molecule has 0 spiro atoms. The number of pyridine rings is 1. The molecule has 3 heteroatoms. The minimum absolute atomic E-state index is 0.199. The van der Waals surface area contributed by atoms with E-state index in [-0.39, 0.29) is 11.1 Å². The number of hydrogen-bond donors (Lipinski definition) is 1. The molecule has 0 aliphatic rings. The molecule has 1 N–H and O–H groups in total. The van der Waals surface area contributed by atoms with Crippen molar-refractivity contribution in [2.75, 3.05) is 0 Å². The lowest BCUT2D eigenvalue weighted by atomic mass is 9.97. The van der Waals surface area contributed by atoms with Gasteiger partial charge in [0.25, 0.3) is 5.56 Å². The summed E-state index contributed by atoms with van der Waals surface area (Å²) in [6.07, 6.45) is 0. The van der Waals surface area contributed by atoms with Crippen molar-refractivity contribution < 1.29 is 0 Å². The Labute approximate surface area is 118 Å². The smallest absolute Gasteiger partial charge is 0.266 e. The van der Waals surface area contributed by atoms with Crippen molar-refractivity contribution in [3.05, 3.63) is 56.9 Å². The van der Waals surface area contributed by atoms with Crippen LogP contribution in [0.4, 0.5) is 0 Å². The van der Waals surface area contributed by atoms with Crippen LogP contribution in [-0.4, -0.2) is 4.98 Å². The fraction of sp³-hybridized carbons (Fsp3) is 0.294. The predicted molar refractivity (Wildman–Crippen MR) is 80.8 cm³/mol. The van der Waals surface area contributed by atoms with Crippen LogP contribution in [0.3, 0.4) is 0 Å². The molecule has 1 aromatic carbocycles. The second-order valence-corrected chi connectivity index (χ2v) is 5.34. The van der Waals surface area contributed by atoms with Crippen LogP contribution in [0.15, 0.2) is 29.1 Å². The molecule has 1 aromatic heterocycles. The van der Waals surface area contributed by atoms with E-state index in [0.717, 1.165) is 22.4 Å². The van der Waals surface area contributed by atoms with Crippen LogP contribution in [0.2, 0.25) is 0 Å². The molecule has 2 rings (SSSR count). The van der Waals surface area contributed by atoms with E-state index < -0.39 is 0 Å². The van der Waals surface area contributed by atoms with Crippen molar-refractivity contribution in [3.8, 4) is 17.3 Å². The van der Waals surface area contributed by atoms with Gasteiger partial charge in [-0.2, -0.15) is 5.26 Å². The number of hydrogen-bond acceptors (Lipinski definition) is 2. The van der Waals surface area contributed by atoms with Gasteiger partial charge in [0, 0.05) is 0 Å². The third kappa shape index (κ3) is 2.37. The Balaban J connectivity index is 2.59. The van der Waals surface area contributed by atoms with Gasteiger partial charge in [-0.25, -0.2) is 0 Å². The van der Waals surface area contributed by atoms with Crippen LogP contribution >= 0.6 is 0 Å². The molecule has 0 saturated carbocycles. The summed E-state index contributed by atoms with van der Waals surface area (Å²) in [5.74, 6) is 0.479. The Kier molecular flexibility index (Phi) is 3.76. The largest absolute Gasteiger partial charge is 0.321 e. The van der Waals surface area contributed by atoms with Gasteiger partial charge < -0.3 is 4.98 Å². The first-order valence-corrected chi connectivity index (χ1v) is 6.69. The van der Waals surface area contributed by atoms with Gasteiger partial charge in [-0.3, -0.25) is 4.79 Å². The summed E-state index contributed by atoms with van der Waals surface area (Å²) in [5, 5.41) is 9.01. The molecule has 102 valence electrons. The molecule has 0 bridgehead atoms. The van der Waals surface area contributed by atoms with E-state index >= 15 is 0 Å². The number of nitriles is 1. The molecule has 2 aromatic rings. The second-order valence-electron chi connectivity index (χ2n) is 5.34. The maximum Gasteiger partial charge on any atom is 0.266 e. The highest BCUT2D eigenvalue weighted by Gasteiger charge is 2.12. The van der Waals surface area contributed by atoms with E-state index in [9.17, 15) is 4.79 Å². The van der Waals surface area contributed by atoms with Crippen molar-refractivity contribution in [3.63, 3.8) is 0 Å². The molecule has 3 nitrogen and oxygen atoms in total. The molecular formula is C17H18N2O. The molecule has 0 aliphatic carbocycles. The molecule has 0 unspecified atom stereocenters. The van der Waals surface area contributed by atoms with Crippen molar-refractivity contribution in [2.24, 2.45) is 0 Å². The molecule has 0 aliphatic heterocycles. The fourth-order valence-electron chi connectivity index (χ4n) is 2.27. The zero-order valence-electron chi connectivity index (χ0n) is 12.2. The van der Waals surface area contributed by atoms with E-state index in [1.165, 1.54) is 5.56 Å². The highest BCUT2D eigenvalue weighted by molar-refractivity contribution is 5.66. The third-order valence-electron chi connectivity index (χ3n) is 3.76. The van der Waals surface area contributed by atoms with Crippen molar-refractivity contribution in [2.45, 2.75) is 33.6 Å². The first-order chi connectivity index (χ1) is 9.45. The Bertz CT molecular complexity index is 731. The van der Waals surface area contributed by atoms with E-state index in [0.29, 0.717) is 5.92 Å².